The van der Waals surface area contributed by atoms with E-state index < -0.39 is 12.0 Å². The van der Waals surface area contributed by atoms with E-state index in [4.69, 9.17) is 13.9 Å². The summed E-state index contributed by atoms with van der Waals surface area (Å²) >= 11 is 1.22. The highest BCUT2D eigenvalue weighted by atomic mass is 32.2. The van der Waals surface area contributed by atoms with Crippen LogP contribution in [0.1, 0.15) is 13.8 Å². The van der Waals surface area contributed by atoms with Crippen LogP contribution in [-0.2, 0) is 9.53 Å². The van der Waals surface area contributed by atoms with E-state index in [1.807, 2.05) is 12.1 Å². The average molecular weight is 404 g/mol. The number of thioether (sulfide) groups is 1. The van der Waals surface area contributed by atoms with Gasteiger partial charge in [-0.15, -0.1) is 10.2 Å². The van der Waals surface area contributed by atoms with Crippen LogP contribution >= 0.6 is 11.8 Å². The lowest BCUT2D eigenvalue weighted by atomic mass is 10.1. The molecule has 0 saturated heterocycles. The Labute approximate surface area is 165 Å². The summed E-state index contributed by atoms with van der Waals surface area (Å²) in [6.07, 6.45) is 0. The molecule has 2 heterocycles. The Bertz CT molecular complexity index is 894. The highest BCUT2D eigenvalue weighted by Crippen LogP contribution is 2.27. The fourth-order valence-electron chi connectivity index (χ4n) is 2.65. The first-order chi connectivity index (χ1) is 13.5. The quantitative estimate of drug-likeness (QED) is 0.534. The van der Waals surface area contributed by atoms with E-state index in [0.29, 0.717) is 22.4 Å². The van der Waals surface area contributed by atoms with Crippen molar-refractivity contribution in [2.75, 3.05) is 19.5 Å². The molecular formula is C18H20N4O5S. The minimum absolute atomic E-state index is 0.248. The van der Waals surface area contributed by atoms with Gasteiger partial charge in [-0.1, -0.05) is 11.8 Å². The van der Waals surface area contributed by atoms with E-state index in [1.54, 1.807) is 33.1 Å². The van der Waals surface area contributed by atoms with Crippen LogP contribution in [0.5, 0.6) is 5.75 Å². The van der Waals surface area contributed by atoms with Gasteiger partial charge in [0.25, 0.3) is 5.22 Å². The molecule has 3 rings (SSSR count). The van der Waals surface area contributed by atoms with Gasteiger partial charge in [-0.2, -0.15) is 0 Å². The lowest BCUT2D eigenvalue weighted by molar-refractivity contribution is -0.138. The van der Waals surface area contributed by atoms with Gasteiger partial charge in [0.15, 0.2) is 0 Å². The highest BCUT2D eigenvalue weighted by molar-refractivity contribution is 7.99. The predicted octanol–water partition coefficient (Wildman–Crippen LogP) is 2.36. The molecule has 1 aliphatic heterocycles. The van der Waals surface area contributed by atoms with Gasteiger partial charge in [0.1, 0.15) is 5.75 Å². The van der Waals surface area contributed by atoms with Crippen molar-refractivity contribution in [3.05, 3.63) is 35.5 Å². The van der Waals surface area contributed by atoms with E-state index in [-0.39, 0.29) is 18.4 Å². The van der Waals surface area contributed by atoms with Crippen LogP contribution in [0.25, 0.3) is 11.5 Å². The lowest BCUT2D eigenvalue weighted by Crippen LogP contribution is -2.49. The van der Waals surface area contributed by atoms with Crippen LogP contribution in [-0.4, -0.2) is 47.7 Å². The minimum Gasteiger partial charge on any atom is -0.497 e. The van der Waals surface area contributed by atoms with Gasteiger partial charge < -0.3 is 24.5 Å². The summed E-state index contributed by atoms with van der Waals surface area (Å²) in [5, 5.41) is 13.7. The third-order valence-corrected chi connectivity index (χ3v) is 4.79. The van der Waals surface area contributed by atoms with E-state index in [2.05, 4.69) is 20.8 Å². The van der Waals surface area contributed by atoms with Gasteiger partial charge in [0.05, 0.1) is 25.3 Å². The summed E-state index contributed by atoms with van der Waals surface area (Å²) in [7, 11) is 1.59. The molecule has 1 aliphatic rings. The van der Waals surface area contributed by atoms with Crippen LogP contribution in [0.4, 0.5) is 4.79 Å². The molecule has 0 radical (unpaired) electrons. The van der Waals surface area contributed by atoms with Crippen LogP contribution in [0, 0.1) is 0 Å². The number of urea groups is 1. The van der Waals surface area contributed by atoms with Crippen LogP contribution in [0.2, 0.25) is 0 Å². The first-order valence-corrected chi connectivity index (χ1v) is 9.58. The number of aromatic nitrogens is 2. The first kappa shape index (κ1) is 19.7. The summed E-state index contributed by atoms with van der Waals surface area (Å²) in [5.41, 5.74) is 1.60. The largest absolute Gasteiger partial charge is 0.497 e. The molecule has 0 aliphatic carbocycles. The maximum absolute atomic E-state index is 12.2. The number of nitrogens with zero attached hydrogens (tertiary/aromatic N) is 2. The normalized spacial score (nSPS) is 16.4. The Morgan fingerprint density at radius 3 is 2.71 bits per heavy atom. The second-order valence-electron chi connectivity index (χ2n) is 5.82. The molecule has 10 heteroatoms. The molecule has 1 aromatic heterocycles. The van der Waals surface area contributed by atoms with Crippen molar-refractivity contribution in [2.24, 2.45) is 0 Å². The number of amides is 2. The molecule has 9 nitrogen and oxygen atoms in total. The second kappa shape index (κ2) is 8.79. The van der Waals surface area contributed by atoms with Crippen molar-refractivity contribution < 1.29 is 23.5 Å². The van der Waals surface area contributed by atoms with Crippen molar-refractivity contribution >= 4 is 23.8 Å². The van der Waals surface area contributed by atoms with Crippen molar-refractivity contribution in [3.63, 3.8) is 0 Å². The third kappa shape index (κ3) is 4.45. The van der Waals surface area contributed by atoms with E-state index in [1.165, 1.54) is 11.8 Å². The fraction of sp³-hybridized carbons (Fsp3) is 0.333. The topological polar surface area (TPSA) is 116 Å². The van der Waals surface area contributed by atoms with Crippen molar-refractivity contribution in [3.8, 4) is 17.2 Å². The third-order valence-electron chi connectivity index (χ3n) is 3.95. The maximum atomic E-state index is 12.2. The number of carbonyl (C=O) groups is 2. The van der Waals surface area contributed by atoms with Crippen LogP contribution in [0.3, 0.4) is 0 Å². The fourth-order valence-corrected chi connectivity index (χ4v) is 3.38. The molecule has 0 bridgehead atoms. The molecule has 0 saturated carbocycles. The number of hydrogen-bond acceptors (Lipinski definition) is 8. The SMILES string of the molecule is CCOC(=O)C1=C(CSc2nnc(-c3ccc(OC)cc3)o2)NC(=O)N[C@H]1C. The first-order valence-electron chi connectivity index (χ1n) is 8.60. The zero-order valence-electron chi connectivity index (χ0n) is 15.6. The standard InChI is InChI=1S/C18H20N4O5S/c1-4-26-16(23)14-10(2)19-17(24)20-13(14)9-28-18-22-21-15(27-18)11-5-7-12(25-3)8-6-11/h5-8,10H,4,9H2,1-3H3,(H2,19,20,24)/t10-/m0/s1. The second-order valence-corrected chi connectivity index (χ2v) is 6.75. The number of nitrogens with one attached hydrogen (secondary N) is 2. The molecule has 2 amide bonds. The molecular weight excluding hydrogens is 384 g/mol. The van der Waals surface area contributed by atoms with Gasteiger partial charge in [0, 0.05) is 17.0 Å². The summed E-state index contributed by atoms with van der Waals surface area (Å²) in [6, 6.07) is 6.40. The van der Waals surface area contributed by atoms with Gasteiger partial charge in [-0.3, -0.25) is 0 Å². The van der Waals surface area contributed by atoms with Crippen LogP contribution < -0.4 is 15.4 Å². The molecule has 0 fully saturated rings. The van der Waals surface area contributed by atoms with Crippen LogP contribution in [0.15, 0.2) is 45.2 Å². The number of carbonyl (C=O) groups excluding carboxylic acids is 2. The Morgan fingerprint density at radius 2 is 2.04 bits per heavy atom. The van der Waals surface area contributed by atoms with Gasteiger partial charge in [-0.25, -0.2) is 9.59 Å². The molecule has 0 spiro atoms. The smallest absolute Gasteiger partial charge is 0.337 e. The number of esters is 1. The summed E-state index contributed by atoms with van der Waals surface area (Å²) < 4.78 is 15.9. The minimum atomic E-state index is -0.470. The average Bonchev–Trinajstić information content (AvgIpc) is 3.15. The number of ether oxygens (including phenoxy) is 2. The number of rotatable bonds is 7. The van der Waals surface area contributed by atoms with Gasteiger partial charge in [0.2, 0.25) is 5.89 Å². The zero-order valence-corrected chi connectivity index (χ0v) is 16.5. The lowest BCUT2D eigenvalue weighted by Gasteiger charge is -2.26. The summed E-state index contributed by atoms with van der Waals surface area (Å²) in [5.74, 6) is 0.901. The maximum Gasteiger partial charge on any atom is 0.337 e. The van der Waals surface area contributed by atoms with Gasteiger partial charge >= 0.3 is 12.0 Å². The predicted molar refractivity (Wildman–Crippen MR) is 102 cm³/mol. The number of hydrogen-bond donors (Lipinski definition) is 2. The van der Waals surface area contributed by atoms with Crippen molar-refractivity contribution in [1.29, 1.82) is 0 Å². The Balaban J connectivity index is 1.74. The van der Waals surface area contributed by atoms with E-state index in [0.717, 1.165) is 11.3 Å². The molecule has 0 unspecified atom stereocenters. The Kier molecular flexibility index (Phi) is 6.19. The molecule has 2 aromatic rings. The summed E-state index contributed by atoms with van der Waals surface area (Å²) in [6.45, 7) is 3.70. The van der Waals surface area contributed by atoms with Crippen molar-refractivity contribution in [1.82, 2.24) is 20.8 Å². The van der Waals surface area contributed by atoms with E-state index in [9.17, 15) is 9.59 Å². The number of benzene rings is 1. The molecule has 148 valence electrons. The Hall–Kier alpha value is -3.01. The summed E-state index contributed by atoms with van der Waals surface area (Å²) in [4.78, 5) is 24.0. The van der Waals surface area contributed by atoms with Crippen molar-refractivity contribution in [2.45, 2.75) is 25.1 Å². The monoisotopic (exact) mass is 404 g/mol. The Morgan fingerprint density at radius 1 is 1.29 bits per heavy atom. The van der Waals surface area contributed by atoms with E-state index >= 15 is 0 Å². The van der Waals surface area contributed by atoms with Gasteiger partial charge in [-0.05, 0) is 38.1 Å². The zero-order chi connectivity index (χ0) is 20.1. The molecule has 1 aromatic carbocycles. The molecule has 2 N–H and O–H groups in total. The highest BCUT2D eigenvalue weighted by Gasteiger charge is 2.29. The molecule has 28 heavy (non-hydrogen) atoms. The number of methoxy groups -OCH3 is 1. The molecule has 1 atom stereocenters.